The van der Waals surface area contributed by atoms with Gasteiger partial charge in [-0.25, -0.2) is 4.79 Å². The van der Waals surface area contributed by atoms with E-state index in [-0.39, 0.29) is 11.7 Å². The lowest BCUT2D eigenvalue weighted by molar-refractivity contribution is -0.192. The van der Waals surface area contributed by atoms with E-state index in [1.165, 1.54) is 0 Å². The highest BCUT2D eigenvalue weighted by Crippen LogP contribution is 2.14. The molecule has 0 fully saturated rings. The molecule has 0 aliphatic heterocycles. The summed E-state index contributed by atoms with van der Waals surface area (Å²) in [5.74, 6) is -3.84. The van der Waals surface area contributed by atoms with Crippen LogP contribution in [-0.2, 0) is 9.59 Å². The van der Waals surface area contributed by atoms with Crippen molar-refractivity contribution in [3.63, 3.8) is 0 Å². The zero-order chi connectivity index (χ0) is 23.6. The number of halogens is 3. The number of nitrogens with zero attached hydrogens (tertiary/aromatic N) is 2. The van der Waals surface area contributed by atoms with E-state index >= 15 is 0 Å². The lowest BCUT2D eigenvalue weighted by atomic mass is 10.1. The minimum Gasteiger partial charge on any atom is -0.475 e. The van der Waals surface area contributed by atoms with Crippen LogP contribution < -0.4 is 22.5 Å². The van der Waals surface area contributed by atoms with Gasteiger partial charge in [0, 0.05) is 18.1 Å². The van der Waals surface area contributed by atoms with Gasteiger partial charge in [-0.1, -0.05) is 24.3 Å². The number of hydrogen-bond donors (Lipinski definition) is 5. The molecular formula is C18H21F3N6O4. The third-order valence-corrected chi connectivity index (χ3v) is 3.70. The standard InChI is InChI=1S/C16H20N6O2.C2HF3O2/c17-14(23)12(6-3-7-20-16(18)19)22-15(24)13-8-10-4-1-2-5-11(10)9-21-13;3-2(4,5)1(6)7/h1-2,4-5,8-9,12H,3,6-7H2,(H2,17,23)(H,22,24)(H4,18,19,20);(H,6,7)/t12-;/m0./s1. The number of guanidine groups is 1. The van der Waals surface area contributed by atoms with Gasteiger partial charge in [-0.05, 0) is 24.3 Å². The van der Waals surface area contributed by atoms with Crippen LogP contribution in [0.15, 0.2) is 41.5 Å². The maximum absolute atomic E-state index is 12.3. The number of pyridine rings is 1. The number of rotatable bonds is 7. The van der Waals surface area contributed by atoms with Crippen molar-refractivity contribution < 1.29 is 32.7 Å². The maximum atomic E-state index is 12.3. The molecule has 13 heteroatoms. The van der Waals surface area contributed by atoms with Crippen LogP contribution in [0, 0.1) is 0 Å². The lowest BCUT2D eigenvalue weighted by Gasteiger charge is -2.14. The van der Waals surface area contributed by atoms with E-state index < -0.39 is 30.0 Å². The number of carboxylic acids is 1. The van der Waals surface area contributed by atoms with E-state index in [1.54, 1.807) is 12.3 Å². The minimum atomic E-state index is -5.08. The average molecular weight is 442 g/mol. The van der Waals surface area contributed by atoms with Gasteiger partial charge in [-0.3, -0.25) is 19.6 Å². The molecule has 0 radical (unpaired) electrons. The lowest BCUT2D eigenvalue weighted by Crippen LogP contribution is -2.44. The zero-order valence-corrected chi connectivity index (χ0v) is 16.1. The van der Waals surface area contributed by atoms with E-state index in [0.29, 0.717) is 19.4 Å². The Hall–Kier alpha value is -3.90. The molecule has 8 N–H and O–H groups in total. The number of nitrogens with two attached hydrogens (primary N) is 3. The van der Waals surface area contributed by atoms with Crippen LogP contribution in [-0.4, -0.2) is 52.6 Å². The van der Waals surface area contributed by atoms with Crippen molar-refractivity contribution in [2.75, 3.05) is 6.54 Å². The third kappa shape index (κ3) is 8.97. The number of carbonyl (C=O) groups excluding carboxylic acids is 2. The number of carboxylic acid groups (broad SMARTS) is 1. The molecule has 1 atom stereocenters. The van der Waals surface area contributed by atoms with Crippen LogP contribution in [0.25, 0.3) is 10.8 Å². The molecule has 0 aliphatic rings. The SMILES string of the molecule is NC(=O)[C@H](CCCN=C(N)N)NC(=O)c1cc2ccccc2cn1.O=C(O)C(F)(F)F. The van der Waals surface area contributed by atoms with Crippen LogP contribution in [0.1, 0.15) is 23.3 Å². The second-order valence-corrected chi connectivity index (χ2v) is 6.10. The van der Waals surface area contributed by atoms with E-state index in [2.05, 4.69) is 15.3 Å². The Morgan fingerprint density at radius 1 is 1.13 bits per heavy atom. The van der Waals surface area contributed by atoms with Crippen molar-refractivity contribution in [1.82, 2.24) is 10.3 Å². The first-order valence-corrected chi connectivity index (χ1v) is 8.72. The summed E-state index contributed by atoms with van der Waals surface area (Å²) in [4.78, 5) is 40.6. The van der Waals surface area contributed by atoms with Crippen LogP contribution in [0.2, 0.25) is 0 Å². The average Bonchev–Trinajstić information content (AvgIpc) is 2.69. The Kier molecular flexibility index (Phi) is 9.19. The normalized spacial score (nSPS) is 11.6. The van der Waals surface area contributed by atoms with Gasteiger partial charge in [0.15, 0.2) is 5.96 Å². The molecule has 31 heavy (non-hydrogen) atoms. The Bertz CT molecular complexity index is 961. The predicted molar refractivity (Wildman–Crippen MR) is 106 cm³/mol. The topological polar surface area (TPSA) is 187 Å². The number of aliphatic imine (C=N–C) groups is 1. The molecular weight excluding hydrogens is 421 g/mol. The quantitative estimate of drug-likeness (QED) is 0.235. The summed E-state index contributed by atoms with van der Waals surface area (Å²) in [6.45, 7) is 0.357. The Morgan fingerprint density at radius 2 is 1.71 bits per heavy atom. The number of nitrogens with one attached hydrogen (secondary N) is 1. The van der Waals surface area contributed by atoms with Gasteiger partial charge in [0.1, 0.15) is 11.7 Å². The van der Waals surface area contributed by atoms with E-state index in [0.717, 1.165) is 10.8 Å². The number of alkyl halides is 3. The van der Waals surface area contributed by atoms with Crippen molar-refractivity contribution in [1.29, 1.82) is 0 Å². The predicted octanol–water partition coefficient (Wildman–Crippen LogP) is 0.505. The van der Waals surface area contributed by atoms with Crippen molar-refractivity contribution in [2.24, 2.45) is 22.2 Å². The van der Waals surface area contributed by atoms with Crippen LogP contribution in [0.3, 0.4) is 0 Å². The molecule has 0 aliphatic carbocycles. The maximum Gasteiger partial charge on any atom is 0.490 e. The molecule has 2 aromatic rings. The zero-order valence-electron chi connectivity index (χ0n) is 16.1. The fraction of sp³-hybridized carbons (Fsp3) is 0.278. The molecule has 1 heterocycles. The Balaban J connectivity index is 0.000000592. The number of amides is 2. The van der Waals surface area contributed by atoms with Gasteiger partial charge >= 0.3 is 12.1 Å². The molecule has 0 saturated carbocycles. The largest absolute Gasteiger partial charge is 0.490 e. The van der Waals surface area contributed by atoms with Gasteiger partial charge < -0.3 is 27.6 Å². The van der Waals surface area contributed by atoms with Gasteiger partial charge in [0.25, 0.3) is 5.91 Å². The van der Waals surface area contributed by atoms with Crippen molar-refractivity contribution in [3.8, 4) is 0 Å². The van der Waals surface area contributed by atoms with Crippen molar-refractivity contribution in [3.05, 3.63) is 42.2 Å². The Morgan fingerprint density at radius 3 is 2.23 bits per heavy atom. The second-order valence-electron chi connectivity index (χ2n) is 6.10. The van der Waals surface area contributed by atoms with E-state index in [4.69, 9.17) is 27.1 Å². The summed E-state index contributed by atoms with van der Waals surface area (Å²) < 4.78 is 31.7. The molecule has 2 amide bonds. The molecule has 1 aromatic heterocycles. The Labute approximate surface area is 174 Å². The summed E-state index contributed by atoms with van der Waals surface area (Å²) in [6, 6.07) is 8.42. The van der Waals surface area contributed by atoms with Gasteiger partial charge in [-0.2, -0.15) is 13.2 Å². The van der Waals surface area contributed by atoms with E-state index in [9.17, 15) is 22.8 Å². The molecule has 0 spiro atoms. The number of primary amides is 1. The molecule has 0 unspecified atom stereocenters. The molecule has 168 valence electrons. The first-order valence-electron chi connectivity index (χ1n) is 8.72. The third-order valence-electron chi connectivity index (χ3n) is 3.70. The summed E-state index contributed by atoms with van der Waals surface area (Å²) in [7, 11) is 0. The fourth-order valence-corrected chi connectivity index (χ4v) is 2.23. The van der Waals surface area contributed by atoms with Gasteiger partial charge in [0.05, 0.1) is 0 Å². The van der Waals surface area contributed by atoms with Crippen molar-refractivity contribution in [2.45, 2.75) is 25.1 Å². The number of aliphatic carboxylic acids is 1. The highest BCUT2D eigenvalue weighted by Gasteiger charge is 2.38. The van der Waals surface area contributed by atoms with Crippen LogP contribution in [0.4, 0.5) is 13.2 Å². The number of hydrogen-bond acceptors (Lipinski definition) is 5. The smallest absolute Gasteiger partial charge is 0.475 e. The molecule has 1 aromatic carbocycles. The summed E-state index contributed by atoms with van der Waals surface area (Å²) in [5, 5.41) is 11.5. The van der Waals surface area contributed by atoms with Crippen LogP contribution in [0.5, 0.6) is 0 Å². The highest BCUT2D eigenvalue weighted by molar-refractivity contribution is 5.98. The summed E-state index contributed by atoms with van der Waals surface area (Å²) >= 11 is 0. The number of fused-ring (bicyclic) bond motifs is 1. The number of benzene rings is 1. The molecule has 10 nitrogen and oxygen atoms in total. The van der Waals surface area contributed by atoms with Gasteiger partial charge in [0.2, 0.25) is 5.91 Å². The minimum absolute atomic E-state index is 0.0185. The highest BCUT2D eigenvalue weighted by atomic mass is 19.4. The first-order chi connectivity index (χ1) is 14.4. The molecule has 0 saturated heterocycles. The summed E-state index contributed by atoms with van der Waals surface area (Å²) in [6.07, 6.45) is -2.62. The summed E-state index contributed by atoms with van der Waals surface area (Å²) in [5.41, 5.74) is 16.0. The number of aromatic nitrogens is 1. The first kappa shape index (κ1) is 25.1. The number of carbonyl (C=O) groups is 3. The molecule has 0 bridgehead atoms. The van der Waals surface area contributed by atoms with E-state index in [1.807, 2.05) is 24.3 Å². The fourth-order valence-electron chi connectivity index (χ4n) is 2.23. The van der Waals surface area contributed by atoms with Gasteiger partial charge in [-0.15, -0.1) is 0 Å². The van der Waals surface area contributed by atoms with Crippen molar-refractivity contribution >= 4 is 34.5 Å². The molecule has 2 rings (SSSR count). The monoisotopic (exact) mass is 442 g/mol. The second kappa shape index (κ2) is 11.3. The van der Waals surface area contributed by atoms with Crippen LogP contribution >= 0.6 is 0 Å².